The number of benzene rings is 1. The van der Waals surface area contributed by atoms with E-state index in [4.69, 9.17) is 5.53 Å². The number of hydrogen-bond acceptors (Lipinski definition) is 3. The van der Waals surface area contributed by atoms with Crippen LogP contribution in [-0.2, 0) is 11.3 Å². The molecule has 2 heterocycles. The Labute approximate surface area is 127 Å². The van der Waals surface area contributed by atoms with E-state index in [0.717, 1.165) is 11.3 Å². The van der Waals surface area contributed by atoms with E-state index in [9.17, 15) is 4.79 Å². The van der Waals surface area contributed by atoms with Gasteiger partial charge in [0.2, 0.25) is 5.91 Å². The van der Waals surface area contributed by atoms with Crippen molar-refractivity contribution < 1.29 is 4.79 Å². The van der Waals surface area contributed by atoms with Gasteiger partial charge in [0.15, 0.2) is 0 Å². The molecule has 1 aliphatic heterocycles. The van der Waals surface area contributed by atoms with E-state index >= 15 is 0 Å². The zero-order chi connectivity index (χ0) is 15.4. The van der Waals surface area contributed by atoms with E-state index < -0.39 is 0 Å². The largest absolute Gasteiger partial charge is 0.309 e. The molecule has 1 amide bonds. The highest BCUT2D eigenvalue weighted by Gasteiger charge is 2.30. The molecule has 1 aromatic carbocycles. The van der Waals surface area contributed by atoms with Crippen molar-refractivity contribution in [2.24, 2.45) is 11.0 Å². The number of anilines is 1. The minimum absolute atomic E-state index is 0.0531. The first-order chi connectivity index (χ1) is 10.8. The Kier molecular flexibility index (Phi) is 4.07. The van der Waals surface area contributed by atoms with Crippen molar-refractivity contribution in [1.82, 2.24) is 9.78 Å². The van der Waals surface area contributed by atoms with Crippen molar-refractivity contribution in [3.63, 3.8) is 0 Å². The summed E-state index contributed by atoms with van der Waals surface area (Å²) < 4.78 is 1.82. The molecule has 1 atom stereocenters. The molecule has 0 bridgehead atoms. The Morgan fingerprint density at radius 1 is 1.36 bits per heavy atom. The average molecular weight is 296 g/mol. The standard InChI is InChI=1S/C15H16N6O/c16-19-17-7-13-6-15(22)21(10-13)14-8-18-20(11-14)9-12-4-2-1-3-5-12/h1-5,8,11,13H,6-7,9-10H2. The Morgan fingerprint density at radius 3 is 2.95 bits per heavy atom. The molecule has 1 aromatic heterocycles. The third kappa shape index (κ3) is 3.10. The summed E-state index contributed by atoms with van der Waals surface area (Å²) in [7, 11) is 0. The van der Waals surface area contributed by atoms with Crippen LogP contribution in [0.4, 0.5) is 5.69 Å². The Balaban J connectivity index is 1.68. The maximum absolute atomic E-state index is 12.1. The number of nitrogens with zero attached hydrogens (tertiary/aromatic N) is 6. The highest BCUT2D eigenvalue weighted by Crippen LogP contribution is 2.25. The van der Waals surface area contributed by atoms with Crippen molar-refractivity contribution in [2.45, 2.75) is 13.0 Å². The van der Waals surface area contributed by atoms with Crippen LogP contribution >= 0.6 is 0 Å². The average Bonchev–Trinajstić information content (AvgIpc) is 3.13. The fourth-order valence-corrected chi connectivity index (χ4v) is 2.65. The molecule has 22 heavy (non-hydrogen) atoms. The maximum Gasteiger partial charge on any atom is 0.227 e. The van der Waals surface area contributed by atoms with Crippen LogP contribution in [0.25, 0.3) is 10.4 Å². The summed E-state index contributed by atoms with van der Waals surface area (Å²) in [6.07, 6.45) is 4.00. The van der Waals surface area contributed by atoms with Crippen LogP contribution in [0, 0.1) is 5.92 Å². The number of azide groups is 1. The first kappa shape index (κ1) is 14.2. The highest BCUT2D eigenvalue weighted by molar-refractivity contribution is 5.95. The van der Waals surface area contributed by atoms with Crippen LogP contribution in [0.2, 0.25) is 0 Å². The van der Waals surface area contributed by atoms with Crippen LogP contribution in [-0.4, -0.2) is 28.8 Å². The predicted octanol–water partition coefficient (Wildman–Crippen LogP) is 2.59. The van der Waals surface area contributed by atoms with E-state index in [2.05, 4.69) is 15.1 Å². The zero-order valence-electron chi connectivity index (χ0n) is 12.0. The topological polar surface area (TPSA) is 86.9 Å². The monoisotopic (exact) mass is 296 g/mol. The van der Waals surface area contributed by atoms with Crippen LogP contribution in [0.15, 0.2) is 47.8 Å². The van der Waals surface area contributed by atoms with Gasteiger partial charge in [-0.25, -0.2) is 0 Å². The van der Waals surface area contributed by atoms with Gasteiger partial charge < -0.3 is 4.90 Å². The summed E-state index contributed by atoms with van der Waals surface area (Å²) in [5.74, 6) is 0.137. The summed E-state index contributed by atoms with van der Waals surface area (Å²) >= 11 is 0. The molecule has 0 N–H and O–H groups in total. The van der Waals surface area contributed by atoms with Crippen molar-refractivity contribution in [3.8, 4) is 0 Å². The van der Waals surface area contributed by atoms with Crippen molar-refractivity contribution in [1.29, 1.82) is 0 Å². The number of aromatic nitrogens is 2. The van der Waals surface area contributed by atoms with E-state index in [1.165, 1.54) is 0 Å². The number of carbonyl (C=O) groups is 1. The SMILES string of the molecule is [N-]=[N+]=NCC1CC(=O)N(c2cnn(Cc3ccccc3)c2)C1. The summed E-state index contributed by atoms with van der Waals surface area (Å²) in [4.78, 5) is 16.5. The Bertz CT molecular complexity index is 704. The van der Waals surface area contributed by atoms with E-state index in [-0.39, 0.29) is 11.8 Å². The first-order valence-corrected chi connectivity index (χ1v) is 7.14. The second-order valence-electron chi connectivity index (χ2n) is 5.37. The summed E-state index contributed by atoms with van der Waals surface area (Å²) in [6.45, 7) is 1.61. The van der Waals surface area contributed by atoms with Gasteiger partial charge in [0.05, 0.1) is 18.4 Å². The third-order valence-corrected chi connectivity index (χ3v) is 3.73. The van der Waals surface area contributed by atoms with Gasteiger partial charge in [0.1, 0.15) is 0 Å². The van der Waals surface area contributed by atoms with E-state index in [1.54, 1.807) is 11.1 Å². The molecule has 1 saturated heterocycles. The molecule has 112 valence electrons. The number of carbonyl (C=O) groups excluding carboxylic acids is 1. The van der Waals surface area contributed by atoms with Crippen molar-refractivity contribution in [2.75, 3.05) is 18.0 Å². The van der Waals surface area contributed by atoms with Crippen LogP contribution in [0.3, 0.4) is 0 Å². The minimum Gasteiger partial charge on any atom is -0.309 e. The second-order valence-corrected chi connectivity index (χ2v) is 5.37. The van der Waals surface area contributed by atoms with Gasteiger partial charge in [-0.2, -0.15) is 5.10 Å². The van der Waals surface area contributed by atoms with Crippen molar-refractivity contribution in [3.05, 3.63) is 58.7 Å². The summed E-state index contributed by atoms with van der Waals surface area (Å²) in [5.41, 5.74) is 10.3. The van der Waals surface area contributed by atoms with Gasteiger partial charge in [-0.1, -0.05) is 35.4 Å². The zero-order valence-corrected chi connectivity index (χ0v) is 12.0. The Hall–Kier alpha value is -2.79. The van der Waals surface area contributed by atoms with E-state index in [0.29, 0.717) is 26.1 Å². The van der Waals surface area contributed by atoms with Gasteiger partial charge in [0.25, 0.3) is 0 Å². The lowest BCUT2D eigenvalue weighted by Gasteiger charge is -2.13. The van der Waals surface area contributed by atoms with E-state index in [1.807, 2.05) is 41.2 Å². The molecule has 1 aliphatic rings. The molecule has 0 aliphatic carbocycles. The lowest BCUT2D eigenvalue weighted by molar-refractivity contribution is -0.117. The first-order valence-electron chi connectivity index (χ1n) is 7.14. The molecule has 1 unspecified atom stereocenters. The van der Waals surface area contributed by atoms with Crippen LogP contribution in [0.1, 0.15) is 12.0 Å². The fraction of sp³-hybridized carbons (Fsp3) is 0.333. The summed E-state index contributed by atoms with van der Waals surface area (Å²) in [6, 6.07) is 10.0. The lowest BCUT2D eigenvalue weighted by Crippen LogP contribution is -2.24. The molecule has 0 saturated carbocycles. The number of amides is 1. The molecule has 2 aromatic rings. The maximum atomic E-state index is 12.1. The molecule has 3 rings (SSSR count). The molecular formula is C15H16N6O. The van der Waals surface area contributed by atoms with Crippen LogP contribution in [0.5, 0.6) is 0 Å². The number of hydrogen-bond donors (Lipinski definition) is 0. The quantitative estimate of drug-likeness (QED) is 0.482. The Morgan fingerprint density at radius 2 is 2.18 bits per heavy atom. The van der Waals surface area contributed by atoms with Gasteiger partial charge in [-0.3, -0.25) is 9.48 Å². The van der Waals surface area contributed by atoms with Gasteiger partial charge in [-0.05, 0) is 17.0 Å². The minimum atomic E-state index is 0.0531. The molecular weight excluding hydrogens is 280 g/mol. The molecule has 0 spiro atoms. The van der Waals surface area contributed by atoms with Gasteiger partial charge >= 0.3 is 0 Å². The van der Waals surface area contributed by atoms with Gasteiger partial charge in [-0.15, -0.1) is 0 Å². The molecule has 7 nitrogen and oxygen atoms in total. The number of rotatable bonds is 5. The van der Waals surface area contributed by atoms with Gasteiger partial charge in [0, 0.05) is 30.6 Å². The predicted molar refractivity (Wildman–Crippen MR) is 82.2 cm³/mol. The summed E-state index contributed by atoms with van der Waals surface area (Å²) in [5, 5.41) is 7.88. The van der Waals surface area contributed by atoms with Crippen LogP contribution < -0.4 is 4.90 Å². The molecule has 7 heteroatoms. The molecule has 0 radical (unpaired) electrons. The molecule has 1 fully saturated rings. The second kappa shape index (κ2) is 6.32. The normalized spacial score (nSPS) is 17.5. The lowest BCUT2D eigenvalue weighted by atomic mass is 10.1. The fourth-order valence-electron chi connectivity index (χ4n) is 2.65. The van der Waals surface area contributed by atoms with Crippen molar-refractivity contribution >= 4 is 11.6 Å². The smallest absolute Gasteiger partial charge is 0.227 e. The highest BCUT2D eigenvalue weighted by atomic mass is 16.2. The third-order valence-electron chi connectivity index (χ3n) is 3.73.